The van der Waals surface area contributed by atoms with Gasteiger partial charge in [0.2, 0.25) is 0 Å². The molecule has 1 atom stereocenters. The Morgan fingerprint density at radius 3 is 1.00 bits per heavy atom. The summed E-state index contributed by atoms with van der Waals surface area (Å²) in [5.74, 6) is 0.300. The van der Waals surface area contributed by atoms with Crippen molar-refractivity contribution in [3.8, 4) is 0 Å². The van der Waals surface area contributed by atoms with Gasteiger partial charge in [-0.2, -0.15) is 0 Å². The standard InChI is InChI=1S/C5H8O2.6C4H9.2Sn/c1-4(2)5(6)7-3;6*1-3-4-2;;/h1,4H,2-3H3;6*1,3-4H2,2H3;;. The second kappa shape index (κ2) is 20.2. The molecule has 0 saturated carbocycles. The normalized spacial score (nSPS) is 13.5. The van der Waals surface area contributed by atoms with E-state index in [1.807, 2.05) is 0 Å². The summed E-state index contributed by atoms with van der Waals surface area (Å²) in [5.41, 5.74) is 0. The van der Waals surface area contributed by atoms with Crippen LogP contribution in [0.15, 0.2) is 0 Å². The van der Waals surface area contributed by atoms with Crippen LogP contribution in [0.25, 0.3) is 0 Å². The summed E-state index contributed by atoms with van der Waals surface area (Å²) < 4.78 is 15.6. The van der Waals surface area contributed by atoms with E-state index in [0.717, 1.165) is 1.95 Å². The van der Waals surface area contributed by atoms with E-state index in [1.54, 1.807) is 33.7 Å². The maximum absolute atomic E-state index is 13.3. The molecule has 0 bridgehead atoms. The molecular weight excluding hydrogens is 618 g/mol. The topological polar surface area (TPSA) is 26.3 Å². The van der Waals surface area contributed by atoms with Gasteiger partial charge in [0.1, 0.15) is 0 Å². The molecule has 2 nitrogen and oxygen atoms in total. The van der Waals surface area contributed by atoms with Crippen molar-refractivity contribution in [2.45, 2.75) is 154 Å². The molecule has 0 aliphatic heterocycles. The molecule has 198 valence electrons. The number of carbonyl (C=O) groups excluding carboxylic acids is 1. The fraction of sp³-hybridized carbons (Fsp3) is 0.966. The zero-order chi connectivity index (χ0) is 25.2. The van der Waals surface area contributed by atoms with E-state index in [2.05, 4.69) is 48.5 Å². The molecule has 0 amide bonds. The molecule has 0 fully saturated rings. The van der Waals surface area contributed by atoms with Crippen LogP contribution in [-0.4, -0.2) is 49.8 Å². The van der Waals surface area contributed by atoms with E-state index in [9.17, 15) is 4.79 Å². The van der Waals surface area contributed by atoms with Crippen LogP contribution in [0.3, 0.4) is 0 Å². The molecule has 0 aliphatic rings. The van der Waals surface area contributed by atoms with Crippen molar-refractivity contribution >= 4 is 42.7 Å². The summed E-state index contributed by atoms with van der Waals surface area (Å²) in [6.07, 6.45) is 16.4. The first kappa shape index (κ1) is 34.1. The summed E-state index contributed by atoms with van der Waals surface area (Å²) in [5, 5.41) is 0. The molecule has 0 N–H and O–H groups in total. The predicted octanol–water partition coefficient (Wildman–Crippen LogP) is 10.4. The molecule has 0 heterocycles. The SMILES string of the molecule is CCC[CH2][Sn]([CH2]CCC)([CH2]CCC)[CH](C(C)C(=O)OC)[Sn]([CH2]CCC)([CH2]CCC)[CH2]CCC. The summed E-state index contributed by atoms with van der Waals surface area (Å²) >= 11 is -5.26. The Hall–Kier alpha value is 1.07. The number of hydrogen-bond acceptors (Lipinski definition) is 2. The fourth-order valence-electron chi connectivity index (χ4n) is 6.89. The van der Waals surface area contributed by atoms with E-state index in [-0.39, 0.29) is 11.9 Å². The van der Waals surface area contributed by atoms with Gasteiger partial charge in [-0.05, 0) is 0 Å². The molecule has 0 aromatic rings. The van der Waals surface area contributed by atoms with E-state index in [0.29, 0.717) is 0 Å². The minimum absolute atomic E-state index is 0.135. The monoisotopic (exact) mass is 682 g/mol. The Morgan fingerprint density at radius 2 is 0.818 bits per heavy atom. The summed E-state index contributed by atoms with van der Waals surface area (Å²) in [6.45, 7) is 16.6. The van der Waals surface area contributed by atoms with Gasteiger partial charge in [-0.1, -0.05) is 0 Å². The summed E-state index contributed by atoms with van der Waals surface area (Å²) in [6, 6.07) is 0. The van der Waals surface area contributed by atoms with Gasteiger partial charge >= 0.3 is 219 Å². The molecule has 0 aliphatic carbocycles. The minimum atomic E-state index is -2.63. The zero-order valence-corrected chi connectivity index (χ0v) is 29.9. The van der Waals surface area contributed by atoms with E-state index < -0.39 is 36.8 Å². The number of esters is 1. The molecule has 0 radical (unpaired) electrons. The molecule has 0 aromatic heterocycles. The zero-order valence-electron chi connectivity index (χ0n) is 24.2. The Morgan fingerprint density at radius 1 is 0.576 bits per heavy atom. The van der Waals surface area contributed by atoms with Gasteiger partial charge in [0.05, 0.1) is 0 Å². The Kier molecular flexibility index (Phi) is 20.8. The second-order valence-corrected chi connectivity index (χ2v) is 43.5. The molecule has 0 spiro atoms. The quantitative estimate of drug-likeness (QED) is 0.0841. The number of ether oxygens (including phenoxy) is 1. The average Bonchev–Trinajstić information content (AvgIpc) is 2.84. The first-order valence-electron chi connectivity index (χ1n) is 15.0. The van der Waals surface area contributed by atoms with E-state index >= 15 is 0 Å². The van der Waals surface area contributed by atoms with Gasteiger partial charge in [0.15, 0.2) is 0 Å². The molecule has 0 saturated heterocycles. The number of rotatable bonds is 22. The van der Waals surface area contributed by atoms with Crippen LogP contribution in [0.4, 0.5) is 0 Å². The summed E-state index contributed by atoms with van der Waals surface area (Å²) in [7, 11) is 1.65. The van der Waals surface area contributed by atoms with Crippen molar-refractivity contribution in [1.82, 2.24) is 0 Å². The second-order valence-electron chi connectivity index (χ2n) is 11.1. The van der Waals surface area contributed by atoms with Crippen LogP contribution < -0.4 is 0 Å². The van der Waals surface area contributed by atoms with Gasteiger partial charge in [-0.15, -0.1) is 0 Å². The van der Waals surface area contributed by atoms with Gasteiger partial charge in [-0.25, -0.2) is 0 Å². The molecule has 4 heteroatoms. The Balaban J connectivity index is 6.94. The Labute approximate surface area is 217 Å². The van der Waals surface area contributed by atoms with Crippen molar-refractivity contribution in [1.29, 1.82) is 0 Å². The van der Waals surface area contributed by atoms with Crippen molar-refractivity contribution in [3.63, 3.8) is 0 Å². The van der Waals surface area contributed by atoms with Gasteiger partial charge in [-0.3, -0.25) is 0 Å². The fourth-order valence-corrected chi connectivity index (χ4v) is 86.6. The number of unbranched alkanes of at least 4 members (excludes halogenated alkanes) is 6. The summed E-state index contributed by atoms with van der Waals surface area (Å²) in [4.78, 5) is 13.3. The molecule has 0 rings (SSSR count). The molecule has 33 heavy (non-hydrogen) atoms. The van der Waals surface area contributed by atoms with E-state index in [4.69, 9.17) is 4.74 Å². The molecular formula is C29H62O2Sn2. The maximum atomic E-state index is 13.3. The molecule has 0 aromatic carbocycles. The van der Waals surface area contributed by atoms with E-state index in [1.165, 1.54) is 77.0 Å². The average molecular weight is 680 g/mol. The van der Waals surface area contributed by atoms with Gasteiger partial charge in [0, 0.05) is 0 Å². The third-order valence-corrected chi connectivity index (χ3v) is 65.5. The van der Waals surface area contributed by atoms with Crippen LogP contribution in [-0.2, 0) is 9.53 Å². The number of methoxy groups -OCH3 is 1. The van der Waals surface area contributed by atoms with Crippen LogP contribution in [0.5, 0.6) is 0 Å². The van der Waals surface area contributed by atoms with Crippen LogP contribution in [0, 0.1) is 5.92 Å². The third-order valence-electron chi connectivity index (χ3n) is 8.56. The van der Waals surface area contributed by atoms with Gasteiger partial charge in [0.25, 0.3) is 0 Å². The first-order chi connectivity index (χ1) is 15.9. The number of hydrogen-bond donors (Lipinski definition) is 0. The predicted molar refractivity (Wildman–Crippen MR) is 155 cm³/mol. The van der Waals surface area contributed by atoms with Crippen molar-refractivity contribution in [2.24, 2.45) is 5.92 Å². The van der Waals surface area contributed by atoms with Crippen molar-refractivity contribution in [2.75, 3.05) is 7.11 Å². The molecule has 1 unspecified atom stereocenters. The van der Waals surface area contributed by atoms with Crippen LogP contribution in [0.1, 0.15) is 126 Å². The van der Waals surface area contributed by atoms with Crippen LogP contribution in [0.2, 0.25) is 28.6 Å². The Bertz CT molecular complexity index is 405. The van der Waals surface area contributed by atoms with Crippen LogP contribution >= 0.6 is 0 Å². The first-order valence-corrected chi connectivity index (χ1v) is 30.4. The van der Waals surface area contributed by atoms with Crippen molar-refractivity contribution in [3.05, 3.63) is 0 Å². The van der Waals surface area contributed by atoms with Crippen molar-refractivity contribution < 1.29 is 9.53 Å². The van der Waals surface area contributed by atoms with Gasteiger partial charge < -0.3 is 0 Å². The number of carbonyl (C=O) groups is 1. The third kappa shape index (κ3) is 11.3.